The minimum Gasteiger partial charge on any atom is -0.385 e. The van der Waals surface area contributed by atoms with Crippen LogP contribution in [-0.4, -0.2) is 15.3 Å². The molecule has 2 atom stereocenters. The summed E-state index contributed by atoms with van der Waals surface area (Å²) in [5, 5.41) is 20.0. The van der Waals surface area contributed by atoms with Crippen molar-refractivity contribution in [3.8, 4) is 0 Å². The molecule has 25 heavy (non-hydrogen) atoms. The summed E-state index contributed by atoms with van der Waals surface area (Å²) in [6.45, 7) is 4.57. The highest BCUT2D eigenvalue weighted by atomic mass is 35.5. The van der Waals surface area contributed by atoms with Crippen LogP contribution < -0.4 is 0 Å². The van der Waals surface area contributed by atoms with E-state index in [0.29, 0.717) is 16.9 Å². The molecule has 134 valence electrons. The fourth-order valence-electron chi connectivity index (χ4n) is 4.90. The van der Waals surface area contributed by atoms with Gasteiger partial charge < -0.3 is 5.11 Å². The number of nitrogens with zero attached hydrogens (tertiary/aromatic N) is 1. The van der Waals surface area contributed by atoms with E-state index in [1.165, 1.54) is 19.3 Å². The number of aromatic amines is 1. The second-order valence-corrected chi connectivity index (χ2v) is 8.48. The number of hydrogen-bond donors (Lipinski definition) is 2. The zero-order chi connectivity index (χ0) is 17.6. The van der Waals surface area contributed by atoms with E-state index >= 15 is 0 Å². The lowest BCUT2D eigenvalue weighted by molar-refractivity contribution is -0.0939. The normalized spacial score (nSPS) is 32.5. The van der Waals surface area contributed by atoms with Crippen LogP contribution >= 0.6 is 11.6 Å². The van der Waals surface area contributed by atoms with Crippen LogP contribution in [0, 0.1) is 17.8 Å². The molecule has 0 amide bonds. The lowest BCUT2D eigenvalue weighted by Gasteiger charge is -2.48. The van der Waals surface area contributed by atoms with E-state index in [-0.39, 0.29) is 0 Å². The van der Waals surface area contributed by atoms with Crippen molar-refractivity contribution in [1.82, 2.24) is 10.2 Å². The zero-order valence-corrected chi connectivity index (χ0v) is 15.8. The molecule has 0 radical (unpaired) electrons. The van der Waals surface area contributed by atoms with E-state index in [9.17, 15) is 5.11 Å². The summed E-state index contributed by atoms with van der Waals surface area (Å²) in [5.41, 5.74) is 2.66. The van der Waals surface area contributed by atoms with Gasteiger partial charge >= 0.3 is 0 Å². The largest absolute Gasteiger partial charge is 0.385 e. The van der Waals surface area contributed by atoms with Gasteiger partial charge in [0, 0.05) is 16.0 Å². The van der Waals surface area contributed by atoms with Gasteiger partial charge in [-0.15, -0.1) is 0 Å². The van der Waals surface area contributed by atoms with Crippen molar-refractivity contribution in [2.24, 2.45) is 17.8 Å². The Kier molecular flexibility index (Phi) is 4.41. The van der Waals surface area contributed by atoms with Crippen LogP contribution in [0.25, 0.3) is 10.9 Å². The van der Waals surface area contributed by atoms with Crippen molar-refractivity contribution >= 4 is 22.5 Å². The minimum atomic E-state index is -0.778. The Hall–Kier alpha value is -1.32. The standard InChI is InChI=1S/C21H27ClN2O/c1-3-13-5-14(4-2)7-15(6-13)17-10-21(25,11-17)19-9-18(22)8-16-12-23-24-20(16)19/h6,8-9,12,14-15,17,25H,3-5,7,10-11H2,1-2H3,(H,23,24). The van der Waals surface area contributed by atoms with Gasteiger partial charge in [-0.1, -0.05) is 43.5 Å². The summed E-state index contributed by atoms with van der Waals surface area (Å²) in [4.78, 5) is 0. The number of hydrogen-bond acceptors (Lipinski definition) is 2. The molecule has 0 spiro atoms. The highest BCUT2D eigenvalue weighted by Crippen LogP contribution is 2.53. The average molecular weight is 359 g/mol. The molecule has 2 unspecified atom stereocenters. The van der Waals surface area contributed by atoms with Crippen molar-refractivity contribution in [3.05, 3.63) is 40.6 Å². The van der Waals surface area contributed by atoms with Gasteiger partial charge in [0.25, 0.3) is 0 Å². The molecule has 0 bridgehead atoms. The van der Waals surface area contributed by atoms with E-state index in [1.807, 2.05) is 12.1 Å². The Morgan fingerprint density at radius 1 is 1.32 bits per heavy atom. The summed E-state index contributed by atoms with van der Waals surface area (Å²) in [6, 6.07) is 3.80. The highest BCUT2D eigenvalue weighted by Gasteiger charge is 2.48. The van der Waals surface area contributed by atoms with E-state index < -0.39 is 5.60 Å². The second-order valence-electron chi connectivity index (χ2n) is 8.04. The predicted octanol–water partition coefficient (Wildman–Crippen LogP) is 5.59. The van der Waals surface area contributed by atoms with Crippen molar-refractivity contribution in [3.63, 3.8) is 0 Å². The third-order valence-corrected chi connectivity index (χ3v) is 6.68. The van der Waals surface area contributed by atoms with Gasteiger partial charge in [0.15, 0.2) is 0 Å². The van der Waals surface area contributed by atoms with E-state index in [2.05, 4.69) is 30.1 Å². The van der Waals surface area contributed by atoms with Gasteiger partial charge in [0.1, 0.15) is 0 Å². The summed E-state index contributed by atoms with van der Waals surface area (Å²) < 4.78 is 0. The monoisotopic (exact) mass is 358 g/mol. The zero-order valence-electron chi connectivity index (χ0n) is 15.1. The molecule has 1 fully saturated rings. The Balaban J connectivity index is 1.56. The van der Waals surface area contributed by atoms with Crippen LogP contribution in [0.2, 0.25) is 5.02 Å². The van der Waals surface area contributed by atoms with Crippen molar-refractivity contribution in [2.75, 3.05) is 0 Å². The number of H-pyrrole nitrogens is 1. The fourth-order valence-corrected chi connectivity index (χ4v) is 5.12. The van der Waals surface area contributed by atoms with E-state index in [4.69, 9.17) is 11.6 Å². The summed E-state index contributed by atoms with van der Waals surface area (Å²) >= 11 is 6.27. The summed E-state index contributed by atoms with van der Waals surface area (Å²) in [7, 11) is 0. The molecule has 4 rings (SSSR count). The van der Waals surface area contributed by atoms with Gasteiger partial charge in [0.2, 0.25) is 0 Å². The number of halogens is 1. The summed E-state index contributed by atoms with van der Waals surface area (Å²) in [6.07, 6.45) is 10.9. The van der Waals surface area contributed by atoms with Crippen molar-refractivity contribution in [1.29, 1.82) is 0 Å². The Bertz CT molecular complexity index is 803. The van der Waals surface area contributed by atoms with Crippen molar-refractivity contribution < 1.29 is 5.11 Å². The maximum Gasteiger partial charge on any atom is 0.0923 e. The molecule has 2 aliphatic carbocycles. The lowest BCUT2D eigenvalue weighted by Crippen LogP contribution is -2.45. The van der Waals surface area contributed by atoms with Crippen molar-refractivity contribution in [2.45, 2.75) is 58.0 Å². The fraction of sp³-hybridized carbons (Fsp3) is 0.571. The molecule has 1 saturated carbocycles. The molecule has 4 heteroatoms. The SMILES string of the molecule is CCC1=CC(C2CC(O)(c3cc(Cl)cc4cn[nH]c34)C2)CC(CC)C1. The first-order valence-electron chi connectivity index (χ1n) is 9.57. The lowest BCUT2D eigenvalue weighted by atomic mass is 9.59. The van der Waals surface area contributed by atoms with E-state index in [1.54, 1.807) is 11.8 Å². The van der Waals surface area contributed by atoms with Gasteiger partial charge in [0.05, 0.1) is 17.3 Å². The molecule has 2 aliphatic rings. The number of nitrogens with one attached hydrogen (secondary N) is 1. The van der Waals surface area contributed by atoms with Gasteiger partial charge in [-0.2, -0.15) is 5.10 Å². The van der Waals surface area contributed by atoms with Crippen LogP contribution in [0.4, 0.5) is 0 Å². The number of rotatable bonds is 4. The Labute approximate surface area is 154 Å². The van der Waals surface area contributed by atoms with E-state index in [0.717, 1.165) is 41.6 Å². The molecule has 1 aromatic carbocycles. The maximum atomic E-state index is 11.2. The number of fused-ring (bicyclic) bond motifs is 1. The van der Waals surface area contributed by atoms with Crippen LogP contribution in [0.1, 0.15) is 57.9 Å². The van der Waals surface area contributed by atoms with Crippen LogP contribution in [0.15, 0.2) is 30.0 Å². The number of aromatic nitrogens is 2. The minimum absolute atomic E-state index is 0.567. The number of aliphatic hydroxyl groups is 1. The third kappa shape index (κ3) is 3.02. The molecular weight excluding hydrogens is 332 g/mol. The van der Waals surface area contributed by atoms with Gasteiger partial charge in [-0.3, -0.25) is 5.10 Å². The highest BCUT2D eigenvalue weighted by molar-refractivity contribution is 6.31. The second kappa shape index (κ2) is 6.44. The van der Waals surface area contributed by atoms with Crippen LogP contribution in [0.3, 0.4) is 0 Å². The Morgan fingerprint density at radius 3 is 2.84 bits per heavy atom. The van der Waals surface area contributed by atoms with Gasteiger partial charge in [-0.05, 0) is 62.0 Å². The van der Waals surface area contributed by atoms with Crippen LogP contribution in [0.5, 0.6) is 0 Å². The third-order valence-electron chi connectivity index (χ3n) is 6.46. The molecule has 1 aromatic heterocycles. The quantitative estimate of drug-likeness (QED) is 0.700. The molecule has 0 saturated heterocycles. The van der Waals surface area contributed by atoms with Crippen LogP contribution in [-0.2, 0) is 5.60 Å². The number of benzene rings is 1. The average Bonchev–Trinajstić information content (AvgIpc) is 3.05. The molecular formula is C21H27ClN2O. The summed E-state index contributed by atoms with van der Waals surface area (Å²) in [5.74, 6) is 1.99. The first-order chi connectivity index (χ1) is 12.0. The first-order valence-corrected chi connectivity index (χ1v) is 9.95. The predicted molar refractivity (Wildman–Crippen MR) is 103 cm³/mol. The first kappa shape index (κ1) is 17.1. The molecule has 3 nitrogen and oxygen atoms in total. The molecule has 2 aromatic rings. The maximum absolute atomic E-state index is 11.2. The van der Waals surface area contributed by atoms with Gasteiger partial charge in [-0.25, -0.2) is 0 Å². The molecule has 2 N–H and O–H groups in total. The molecule has 0 aliphatic heterocycles. The topological polar surface area (TPSA) is 48.9 Å². The molecule has 1 heterocycles. The smallest absolute Gasteiger partial charge is 0.0923 e. The Morgan fingerprint density at radius 2 is 2.12 bits per heavy atom. The number of allylic oxidation sites excluding steroid dienone is 2.